The normalized spacial score (nSPS) is 17.1. The van der Waals surface area contributed by atoms with Gasteiger partial charge in [-0.15, -0.1) is 5.10 Å². The lowest BCUT2D eigenvalue weighted by molar-refractivity contribution is -0.133. The molecule has 3 rings (SSSR count). The summed E-state index contributed by atoms with van der Waals surface area (Å²) in [5.74, 6) is 0.636. The minimum atomic E-state index is -0.670. The van der Waals surface area contributed by atoms with Crippen LogP contribution in [0.25, 0.3) is 11.4 Å². The van der Waals surface area contributed by atoms with Gasteiger partial charge in [0, 0.05) is 12.6 Å². The van der Waals surface area contributed by atoms with Gasteiger partial charge in [0.15, 0.2) is 5.82 Å². The van der Waals surface area contributed by atoms with E-state index in [0.29, 0.717) is 11.0 Å². The first kappa shape index (κ1) is 19.4. The summed E-state index contributed by atoms with van der Waals surface area (Å²) < 4.78 is 0. The summed E-state index contributed by atoms with van der Waals surface area (Å²) in [6, 6.07) is 10.4. The molecule has 6 nitrogen and oxygen atoms in total. The van der Waals surface area contributed by atoms with Gasteiger partial charge in [0.05, 0.1) is 11.3 Å². The lowest BCUT2D eigenvalue weighted by Crippen LogP contribution is -2.52. The number of aromatic nitrogens is 3. The molecule has 7 heteroatoms. The van der Waals surface area contributed by atoms with E-state index in [9.17, 15) is 10.1 Å². The van der Waals surface area contributed by atoms with Crippen LogP contribution in [-0.2, 0) is 4.79 Å². The predicted octanol–water partition coefficient (Wildman–Crippen LogP) is 3.95. The molecule has 2 aromatic rings. The molecule has 142 valence electrons. The molecule has 1 aliphatic rings. The van der Waals surface area contributed by atoms with Crippen molar-refractivity contribution in [1.82, 2.24) is 20.1 Å². The first-order valence-electron chi connectivity index (χ1n) is 9.30. The number of nitriles is 1. The van der Waals surface area contributed by atoms with Crippen LogP contribution in [0.4, 0.5) is 0 Å². The summed E-state index contributed by atoms with van der Waals surface area (Å²) in [5.41, 5.74) is 1.47. The smallest absolute Gasteiger partial charge is 0.236 e. The van der Waals surface area contributed by atoms with Gasteiger partial charge in [-0.2, -0.15) is 5.26 Å². The Bertz CT molecular complexity index is 833. The molecule has 0 unspecified atom stereocenters. The standard InChI is InChI=1S/C20H25N5OS/c1-14-7-9-16(10-8-14)17-22-19(24-23-17)27-15(2)18(26)25(3)20(13-21)11-5-4-6-12-20/h7-10,15H,4-6,11-12H2,1-3H3,(H,22,23,24)/t15-/m1/s1. The van der Waals surface area contributed by atoms with E-state index in [1.54, 1.807) is 11.9 Å². The molecule has 1 aromatic carbocycles. The molecule has 1 atom stereocenters. The average molecular weight is 384 g/mol. The molecule has 0 bridgehead atoms. The van der Waals surface area contributed by atoms with Crippen molar-refractivity contribution in [3.63, 3.8) is 0 Å². The maximum absolute atomic E-state index is 12.9. The van der Waals surface area contributed by atoms with Crippen LogP contribution in [-0.4, -0.2) is 43.8 Å². The Kier molecular flexibility index (Phi) is 5.85. The second-order valence-corrected chi connectivity index (χ2v) is 8.50. The van der Waals surface area contributed by atoms with Gasteiger partial charge in [0.2, 0.25) is 11.1 Å². The Morgan fingerprint density at radius 2 is 1.96 bits per heavy atom. The van der Waals surface area contributed by atoms with E-state index in [0.717, 1.165) is 37.7 Å². The van der Waals surface area contributed by atoms with E-state index < -0.39 is 5.54 Å². The van der Waals surface area contributed by atoms with Crippen LogP contribution in [0.1, 0.15) is 44.6 Å². The van der Waals surface area contributed by atoms with Crippen molar-refractivity contribution in [3.05, 3.63) is 29.8 Å². The number of nitrogens with zero attached hydrogens (tertiary/aromatic N) is 4. The van der Waals surface area contributed by atoms with Crippen LogP contribution >= 0.6 is 11.8 Å². The zero-order valence-electron chi connectivity index (χ0n) is 16.0. The van der Waals surface area contributed by atoms with Crippen molar-refractivity contribution in [1.29, 1.82) is 5.26 Å². The van der Waals surface area contributed by atoms with E-state index in [1.165, 1.54) is 17.3 Å². The fourth-order valence-electron chi connectivity index (χ4n) is 3.49. The van der Waals surface area contributed by atoms with Crippen molar-refractivity contribution in [3.8, 4) is 17.5 Å². The highest BCUT2D eigenvalue weighted by molar-refractivity contribution is 8.00. The van der Waals surface area contributed by atoms with Gasteiger partial charge >= 0.3 is 0 Å². The Morgan fingerprint density at radius 1 is 1.30 bits per heavy atom. The molecule has 0 saturated heterocycles. The third kappa shape index (κ3) is 4.16. The Labute approximate surface area is 164 Å². The van der Waals surface area contributed by atoms with E-state index in [2.05, 4.69) is 21.3 Å². The van der Waals surface area contributed by atoms with Gasteiger partial charge in [0.25, 0.3) is 0 Å². The van der Waals surface area contributed by atoms with Crippen molar-refractivity contribution in [2.45, 2.75) is 61.9 Å². The number of thioether (sulfide) groups is 1. The minimum absolute atomic E-state index is 0.0508. The van der Waals surface area contributed by atoms with Crippen LogP contribution in [0, 0.1) is 18.3 Å². The van der Waals surface area contributed by atoms with Crippen molar-refractivity contribution in [2.75, 3.05) is 7.05 Å². The quantitative estimate of drug-likeness (QED) is 0.790. The van der Waals surface area contributed by atoms with Gasteiger partial charge in [-0.3, -0.25) is 9.89 Å². The number of amides is 1. The monoisotopic (exact) mass is 383 g/mol. The molecular weight excluding hydrogens is 358 g/mol. The number of hydrogen-bond acceptors (Lipinski definition) is 5. The fraction of sp³-hybridized carbons (Fsp3) is 0.500. The van der Waals surface area contributed by atoms with Crippen molar-refractivity contribution < 1.29 is 4.79 Å². The molecule has 1 amide bonds. The number of carbonyl (C=O) groups is 1. The van der Waals surface area contributed by atoms with Crippen LogP contribution in [0.3, 0.4) is 0 Å². The van der Waals surface area contributed by atoms with Crippen LogP contribution in [0.15, 0.2) is 29.4 Å². The topological polar surface area (TPSA) is 85.7 Å². The number of aromatic amines is 1. The Balaban J connectivity index is 1.68. The second kappa shape index (κ2) is 8.13. The van der Waals surface area contributed by atoms with Gasteiger partial charge < -0.3 is 4.90 Å². The molecule has 1 N–H and O–H groups in total. The highest BCUT2D eigenvalue weighted by atomic mass is 32.2. The molecule has 0 aliphatic heterocycles. The van der Waals surface area contributed by atoms with E-state index >= 15 is 0 Å². The highest BCUT2D eigenvalue weighted by Crippen LogP contribution is 2.34. The SMILES string of the molecule is Cc1ccc(-c2nc(S[C@H](C)C(=O)N(C)C3(C#N)CCCCC3)n[nH]2)cc1. The van der Waals surface area contributed by atoms with E-state index in [4.69, 9.17) is 0 Å². The highest BCUT2D eigenvalue weighted by Gasteiger charge is 2.40. The number of benzene rings is 1. The first-order chi connectivity index (χ1) is 12.9. The third-order valence-electron chi connectivity index (χ3n) is 5.28. The van der Waals surface area contributed by atoms with Crippen LogP contribution < -0.4 is 0 Å². The number of hydrogen-bond donors (Lipinski definition) is 1. The van der Waals surface area contributed by atoms with Gasteiger partial charge in [-0.1, -0.05) is 60.9 Å². The molecule has 1 fully saturated rings. The lowest BCUT2D eigenvalue weighted by atomic mass is 9.81. The van der Waals surface area contributed by atoms with Gasteiger partial charge in [0.1, 0.15) is 5.54 Å². The van der Waals surface area contributed by atoms with Crippen LogP contribution in [0.2, 0.25) is 0 Å². The molecule has 0 radical (unpaired) electrons. The van der Waals surface area contributed by atoms with Crippen molar-refractivity contribution >= 4 is 17.7 Å². The summed E-state index contributed by atoms with van der Waals surface area (Å²) >= 11 is 1.32. The zero-order chi connectivity index (χ0) is 19.4. The molecule has 1 heterocycles. The third-order valence-corrected chi connectivity index (χ3v) is 6.23. The minimum Gasteiger partial charge on any atom is -0.326 e. The molecular formula is C20H25N5OS. The van der Waals surface area contributed by atoms with E-state index in [1.807, 2.05) is 38.1 Å². The molecule has 1 saturated carbocycles. The van der Waals surface area contributed by atoms with Gasteiger partial charge in [-0.05, 0) is 26.7 Å². The molecule has 27 heavy (non-hydrogen) atoms. The molecule has 1 aromatic heterocycles. The van der Waals surface area contributed by atoms with E-state index in [-0.39, 0.29) is 11.2 Å². The molecule has 1 aliphatic carbocycles. The summed E-state index contributed by atoms with van der Waals surface area (Å²) in [4.78, 5) is 19.1. The number of H-pyrrole nitrogens is 1. The number of rotatable bonds is 5. The summed E-state index contributed by atoms with van der Waals surface area (Å²) in [6.07, 6.45) is 4.62. The summed E-state index contributed by atoms with van der Waals surface area (Å²) in [5, 5.41) is 17.1. The number of carbonyl (C=O) groups excluding carboxylic acids is 1. The first-order valence-corrected chi connectivity index (χ1v) is 10.2. The van der Waals surface area contributed by atoms with Crippen LogP contribution in [0.5, 0.6) is 0 Å². The summed E-state index contributed by atoms with van der Waals surface area (Å²) in [7, 11) is 1.75. The second-order valence-electron chi connectivity index (χ2n) is 7.19. The average Bonchev–Trinajstić information content (AvgIpc) is 3.16. The Morgan fingerprint density at radius 3 is 2.59 bits per heavy atom. The fourth-order valence-corrected chi connectivity index (χ4v) is 4.31. The van der Waals surface area contributed by atoms with Crippen molar-refractivity contribution in [2.24, 2.45) is 0 Å². The number of nitrogens with one attached hydrogen (secondary N) is 1. The number of aryl methyl sites for hydroxylation is 1. The largest absolute Gasteiger partial charge is 0.326 e. The maximum atomic E-state index is 12.9. The zero-order valence-corrected chi connectivity index (χ0v) is 16.8. The maximum Gasteiger partial charge on any atom is 0.236 e. The lowest BCUT2D eigenvalue weighted by Gasteiger charge is -2.39. The van der Waals surface area contributed by atoms with Gasteiger partial charge in [-0.25, -0.2) is 4.98 Å². The summed E-state index contributed by atoms with van der Waals surface area (Å²) in [6.45, 7) is 3.88. The predicted molar refractivity (Wildman–Crippen MR) is 106 cm³/mol. The Hall–Kier alpha value is -2.33. The molecule has 0 spiro atoms.